The van der Waals surface area contributed by atoms with Crippen molar-refractivity contribution in [2.75, 3.05) is 14.2 Å². The van der Waals surface area contributed by atoms with E-state index in [9.17, 15) is 10.3 Å². The average molecular weight is 264 g/mol. The van der Waals surface area contributed by atoms with E-state index in [2.05, 4.69) is 4.79 Å². The molecule has 5 nitrogen and oxygen atoms in total. The van der Waals surface area contributed by atoms with E-state index < -0.39 is 0 Å². The van der Waals surface area contributed by atoms with Crippen molar-refractivity contribution in [3.63, 3.8) is 0 Å². The highest BCUT2D eigenvalue weighted by atomic mass is 16.5. The molecule has 6 atom stereocenters. The summed E-state index contributed by atoms with van der Waals surface area (Å²) in [7, 11) is 3.34. The minimum atomic E-state index is -0.141. The minimum Gasteiger partial charge on any atom is -0.381 e. The number of rotatable bonds is 2. The Kier molecular flexibility index (Phi) is 3.29. The van der Waals surface area contributed by atoms with Crippen molar-refractivity contribution in [1.29, 1.82) is 0 Å². The summed E-state index contributed by atoms with van der Waals surface area (Å²) in [5.74, 6) is 0.548. The lowest BCUT2D eigenvalue weighted by molar-refractivity contribution is -0.129. The van der Waals surface area contributed by atoms with Gasteiger partial charge in [-0.05, 0) is 37.5 Å². The maximum absolute atomic E-state index is 12.5. The first-order chi connectivity index (χ1) is 9.22. The first-order valence-corrected chi connectivity index (χ1v) is 7.04. The zero-order chi connectivity index (χ0) is 13.6. The first-order valence-electron chi connectivity index (χ1n) is 7.04. The zero-order valence-corrected chi connectivity index (χ0v) is 11.4. The van der Waals surface area contributed by atoms with Crippen molar-refractivity contribution in [3.8, 4) is 0 Å². The predicted octanol–water partition coefficient (Wildman–Crippen LogP) is 1.32. The summed E-state index contributed by atoms with van der Waals surface area (Å²) in [6.07, 6.45) is 4.02. The van der Waals surface area contributed by atoms with Crippen molar-refractivity contribution in [3.05, 3.63) is 5.53 Å². The first kappa shape index (κ1) is 13.0. The SMILES string of the molecule is COC1CCC2CCC(OC)C3C(=[N+]=[N-])C(=O)C1C23. The highest BCUT2D eigenvalue weighted by Crippen LogP contribution is 2.52. The minimum absolute atomic E-state index is 0.00305. The molecule has 3 saturated carbocycles. The number of carbonyl (C=O) groups is 1. The average Bonchev–Trinajstić information content (AvgIpc) is 2.75. The Bertz CT molecular complexity index is 442. The Labute approximate surface area is 112 Å². The summed E-state index contributed by atoms with van der Waals surface area (Å²) in [4.78, 5) is 15.8. The second-order valence-electron chi connectivity index (χ2n) is 5.94. The molecule has 3 aliphatic rings. The van der Waals surface area contributed by atoms with Crippen LogP contribution in [0.25, 0.3) is 5.53 Å². The number of ether oxygens (including phenoxy) is 2. The van der Waals surface area contributed by atoms with E-state index in [1.54, 1.807) is 14.2 Å². The third kappa shape index (κ3) is 1.72. The zero-order valence-electron chi connectivity index (χ0n) is 11.4. The quantitative estimate of drug-likeness (QED) is 0.558. The standard InChI is InChI=1S/C14H20N2O3/c1-18-8-5-3-7-4-6-9(19-2)12-10(7)11(8)13(16-15)14(12)17/h7-12H,3-6H2,1-2H3. The van der Waals surface area contributed by atoms with Crippen molar-refractivity contribution in [1.82, 2.24) is 0 Å². The molecule has 104 valence electrons. The van der Waals surface area contributed by atoms with Gasteiger partial charge >= 0.3 is 5.71 Å². The van der Waals surface area contributed by atoms with E-state index in [1.165, 1.54) is 0 Å². The van der Waals surface area contributed by atoms with Crippen LogP contribution in [0.1, 0.15) is 25.7 Å². The lowest BCUT2D eigenvalue weighted by Crippen LogP contribution is -2.46. The van der Waals surface area contributed by atoms with Crippen LogP contribution in [0, 0.1) is 23.7 Å². The van der Waals surface area contributed by atoms with Gasteiger partial charge in [0.25, 0.3) is 0 Å². The van der Waals surface area contributed by atoms with Crippen LogP contribution in [0.2, 0.25) is 0 Å². The maximum Gasteiger partial charge on any atom is 0.340 e. The molecule has 0 aromatic heterocycles. The molecule has 0 amide bonds. The molecule has 3 rings (SSSR count). The third-order valence-corrected chi connectivity index (χ3v) is 5.40. The molecule has 5 heteroatoms. The van der Waals surface area contributed by atoms with Crippen LogP contribution in [0.3, 0.4) is 0 Å². The summed E-state index contributed by atoms with van der Waals surface area (Å²) in [6.45, 7) is 0. The molecule has 0 saturated heterocycles. The molecule has 0 aromatic rings. The largest absolute Gasteiger partial charge is 0.381 e. The molecule has 3 fully saturated rings. The molecule has 0 radical (unpaired) electrons. The van der Waals surface area contributed by atoms with Crippen LogP contribution < -0.4 is 0 Å². The molecular formula is C14H20N2O3. The van der Waals surface area contributed by atoms with Gasteiger partial charge in [0.2, 0.25) is 5.78 Å². The van der Waals surface area contributed by atoms with Crippen LogP contribution in [-0.2, 0) is 14.3 Å². The predicted molar refractivity (Wildman–Crippen MR) is 67.7 cm³/mol. The fourth-order valence-electron chi connectivity index (χ4n) is 4.63. The van der Waals surface area contributed by atoms with E-state index in [0.717, 1.165) is 25.7 Å². The van der Waals surface area contributed by atoms with Crippen LogP contribution in [0.15, 0.2) is 0 Å². The summed E-state index contributed by atoms with van der Waals surface area (Å²) < 4.78 is 11.0. The second-order valence-corrected chi connectivity index (χ2v) is 5.94. The van der Waals surface area contributed by atoms with E-state index in [-0.39, 0.29) is 35.7 Å². The van der Waals surface area contributed by atoms with Gasteiger partial charge < -0.3 is 15.0 Å². The van der Waals surface area contributed by atoms with Crippen molar-refractivity contribution < 1.29 is 19.1 Å². The van der Waals surface area contributed by atoms with Gasteiger partial charge in [-0.1, -0.05) is 0 Å². The topological polar surface area (TPSA) is 71.9 Å². The fourth-order valence-corrected chi connectivity index (χ4v) is 4.63. The number of ketones is 1. The van der Waals surface area contributed by atoms with E-state index in [0.29, 0.717) is 11.6 Å². The molecule has 6 unspecified atom stereocenters. The number of nitrogens with zero attached hydrogens (tertiary/aromatic N) is 2. The van der Waals surface area contributed by atoms with Gasteiger partial charge in [0.15, 0.2) is 0 Å². The van der Waals surface area contributed by atoms with Crippen LogP contribution >= 0.6 is 0 Å². The summed E-state index contributed by atoms with van der Waals surface area (Å²) >= 11 is 0. The molecule has 0 aliphatic heterocycles. The summed E-state index contributed by atoms with van der Waals surface area (Å²) in [5, 5.41) is 0. The van der Waals surface area contributed by atoms with Gasteiger partial charge in [0.05, 0.1) is 24.0 Å². The Hall–Kier alpha value is -1.03. The third-order valence-electron chi connectivity index (χ3n) is 5.40. The van der Waals surface area contributed by atoms with Crippen LogP contribution in [0.5, 0.6) is 0 Å². The van der Waals surface area contributed by atoms with Crippen molar-refractivity contribution in [2.45, 2.75) is 37.9 Å². The van der Waals surface area contributed by atoms with E-state index >= 15 is 0 Å². The highest BCUT2D eigenvalue weighted by Gasteiger charge is 2.63. The van der Waals surface area contributed by atoms with Gasteiger partial charge in [-0.2, -0.15) is 4.79 Å². The Morgan fingerprint density at radius 1 is 1.05 bits per heavy atom. The summed E-state index contributed by atoms with van der Waals surface area (Å²) in [5.41, 5.74) is 9.55. The summed E-state index contributed by atoms with van der Waals surface area (Å²) in [6, 6.07) is 0. The van der Waals surface area contributed by atoms with Crippen LogP contribution in [-0.4, -0.2) is 42.7 Å². The van der Waals surface area contributed by atoms with Gasteiger partial charge in [-0.25, -0.2) is 0 Å². The molecule has 0 aromatic carbocycles. The fraction of sp³-hybridized carbons (Fsp3) is 0.857. The number of Topliss-reactive ketones (excluding diaryl/α,β-unsaturated/α-hetero) is 1. The molecular weight excluding hydrogens is 244 g/mol. The van der Waals surface area contributed by atoms with Crippen molar-refractivity contribution >= 4 is 11.5 Å². The Morgan fingerprint density at radius 2 is 1.63 bits per heavy atom. The van der Waals surface area contributed by atoms with Gasteiger partial charge in [-0.15, -0.1) is 0 Å². The Balaban J connectivity index is 2.04. The molecule has 0 spiro atoms. The number of carbonyl (C=O) groups excluding carboxylic acids is 1. The monoisotopic (exact) mass is 264 g/mol. The van der Waals surface area contributed by atoms with Crippen molar-refractivity contribution in [2.24, 2.45) is 23.7 Å². The normalized spacial score (nSPS) is 44.9. The maximum atomic E-state index is 12.5. The van der Waals surface area contributed by atoms with E-state index in [4.69, 9.17) is 9.47 Å². The second kappa shape index (κ2) is 4.82. The molecule has 3 aliphatic carbocycles. The number of hydrogen-bond acceptors (Lipinski definition) is 3. The molecule has 0 heterocycles. The number of hydrogen-bond donors (Lipinski definition) is 0. The lowest BCUT2D eigenvalue weighted by atomic mass is 9.63. The van der Waals surface area contributed by atoms with Gasteiger partial charge in [0, 0.05) is 14.2 Å². The van der Waals surface area contributed by atoms with Gasteiger partial charge in [-0.3, -0.25) is 4.79 Å². The smallest absolute Gasteiger partial charge is 0.340 e. The van der Waals surface area contributed by atoms with E-state index in [1.807, 2.05) is 0 Å². The molecule has 19 heavy (non-hydrogen) atoms. The van der Waals surface area contributed by atoms with Gasteiger partial charge in [0.1, 0.15) is 0 Å². The number of methoxy groups -OCH3 is 2. The lowest BCUT2D eigenvalue weighted by Gasteiger charge is -2.44. The highest BCUT2D eigenvalue weighted by molar-refractivity contribution is 6.41. The Morgan fingerprint density at radius 3 is 2.16 bits per heavy atom. The van der Waals surface area contributed by atoms with Crippen LogP contribution in [0.4, 0.5) is 0 Å². The molecule has 0 N–H and O–H groups in total. The molecule has 0 bridgehead atoms.